The van der Waals surface area contributed by atoms with E-state index in [1.165, 1.54) is 6.92 Å². The highest BCUT2D eigenvalue weighted by molar-refractivity contribution is 5.98. The van der Waals surface area contributed by atoms with E-state index >= 15 is 0 Å². The van der Waals surface area contributed by atoms with Crippen LogP contribution in [-0.2, 0) is 70.4 Å². The first kappa shape index (κ1) is 69.6. The minimum absolute atomic E-state index is 0.00589. The number of amides is 10. The van der Waals surface area contributed by atoms with Crippen molar-refractivity contribution < 1.29 is 67.7 Å². The van der Waals surface area contributed by atoms with E-state index in [1.807, 2.05) is 0 Å². The number of benzene rings is 2. The molecule has 28 heteroatoms. The molecule has 0 saturated carbocycles. The highest BCUT2D eigenvalue weighted by Gasteiger charge is 2.35. The van der Waals surface area contributed by atoms with Crippen LogP contribution in [0.5, 0.6) is 0 Å². The molecule has 10 atom stereocenters. The molecule has 452 valence electrons. The lowest BCUT2D eigenvalue weighted by atomic mass is 9.97. The van der Waals surface area contributed by atoms with Crippen molar-refractivity contribution in [1.82, 2.24) is 47.9 Å². The quantitative estimate of drug-likeness (QED) is 0.0133. The number of aliphatic imine (C=N–C) groups is 1. The lowest BCUT2D eigenvalue weighted by Crippen LogP contribution is -2.60. The Labute approximate surface area is 476 Å². The molecule has 0 aliphatic rings. The Hall–Kier alpha value is -8.53. The second-order valence-corrected chi connectivity index (χ2v) is 20.1. The number of carboxylic acid groups (broad SMARTS) is 1. The fourth-order valence-electron chi connectivity index (χ4n) is 7.98. The van der Waals surface area contributed by atoms with Gasteiger partial charge in [-0.1, -0.05) is 94.8 Å². The molecule has 10 amide bonds. The van der Waals surface area contributed by atoms with Crippen LogP contribution in [0.1, 0.15) is 97.1 Å². The molecule has 0 heterocycles. The van der Waals surface area contributed by atoms with Crippen molar-refractivity contribution in [2.75, 3.05) is 19.7 Å². The minimum atomic E-state index is -1.76. The number of aldehydes is 1. The zero-order chi connectivity index (χ0) is 61.5. The summed E-state index contributed by atoms with van der Waals surface area (Å²) >= 11 is 0. The number of nitrogens with zero attached hydrogens (tertiary/aromatic N) is 1. The number of hydrogen-bond acceptors (Lipinski definition) is 15. The maximum atomic E-state index is 14.2. The molecule has 0 aliphatic carbocycles. The number of carbonyl (C=O) groups excluding carboxylic acids is 11. The van der Waals surface area contributed by atoms with E-state index in [-0.39, 0.29) is 63.4 Å². The maximum Gasteiger partial charge on any atom is 0.303 e. The molecular formula is C54H82N14O14. The zero-order valence-electron chi connectivity index (χ0n) is 46.9. The molecule has 0 spiro atoms. The Bertz CT molecular complexity index is 2500. The number of aliphatic hydroxyl groups excluding tert-OH is 1. The van der Waals surface area contributed by atoms with Gasteiger partial charge in [-0.25, -0.2) is 0 Å². The molecule has 19 N–H and O–H groups in total. The first-order valence-electron chi connectivity index (χ1n) is 26.9. The van der Waals surface area contributed by atoms with Gasteiger partial charge in [0.2, 0.25) is 59.1 Å². The van der Waals surface area contributed by atoms with Crippen molar-refractivity contribution in [1.29, 1.82) is 0 Å². The van der Waals surface area contributed by atoms with Crippen LogP contribution in [-0.4, -0.2) is 162 Å². The molecule has 2 aromatic carbocycles. The van der Waals surface area contributed by atoms with Crippen LogP contribution in [0, 0.1) is 11.8 Å². The summed E-state index contributed by atoms with van der Waals surface area (Å²) in [6.45, 7) is 6.35. The lowest BCUT2D eigenvalue weighted by molar-refractivity contribution is -0.138. The van der Waals surface area contributed by atoms with E-state index in [2.05, 4.69) is 52.8 Å². The third-order valence-corrected chi connectivity index (χ3v) is 12.7. The van der Waals surface area contributed by atoms with Crippen LogP contribution in [0.2, 0.25) is 0 Å². The summed E-state index contributed by atoms with van der Waals surface area (Å²) in [6, 6.07) is 5.37. The van der Waals surface area contributed by atoms with Gasteiger partial charge in [0.1, 0.15) is 48.6 Å². The van der Waals surface area contributed by atoms with E-state index in [0.717, 1.165) is 5.56 Å². The van der Waals surface area contributed by atoms with Crippen LogP contribution in [0.15, 0.2) is 65.7 Å². The van der Waals surface area contributed by atoms with E-state index in [0.29, 0.717) is 18.3 Å². The highest BCUT2D eigenvalue weighted by atomic mass is 16.4. The van der Waals surface area contributed by atoms with Gasteiger partial charge in [0, 0.05) is 25.8 Å². The van der Waals surface area contributed by atoms with Gasteiger partial charge in [0.15, 0.2) is 5.96 Å². The van der Waals surface area contributed by atoms with Crippen molar-refractivity contribution >= 4 is 77.3 Å². The topological polar surface area (TPSA) is 470 Å². The predicted molar refractivity (Wildman–Crippen MR) is 300 cm³/mol. The summed E-state index contributed by atoms with van der Waals surface area (Å²) < 4.78 is 0. The second kappa shape index (κ2) is 36.7. The average Bonchev–Trinajstić information content (AvgIpc) is 3.47. The van der Waals surface area contributed by atoms with Crippen molar-refractivity contribution in [2.45, 2.75) is 153 Å². The van der Waals surface area contributed by atoms with Crippen molar-refractivity contribution in [3.8, 4) is 0 Å². The molecule has 2 rings (SSSR count). The smallest absolute Gasteiger partial charge is 0.303 e. The summed E-state index contributed by atoms with van der Waals surface area (Å²) in [5.74, 6) is -11.4. The van der Waals surface area contributed by atoms with Gasteiger partial charge in [0.25, 0.3) is 0 Å². The van der Waals surface area contributed by atoms with Crippen molar-refractivity contribution in [3.63, 3.8) is 0 Å². The summed E-state index contributed by atoms with van der Waals surface area (Å²) in [7, 11) is 0. The summed E-state index contributed by atoms with van der Waals surface area (Å²) in [5.41, 5.74) is 23.4. The van der Waals surface area contributed by atoms with Gasteiger partial charge < -0.3 is 85.8 Å². The maximum absolute atomic E-state index is 14.2. The number of guanidine groups is 1. The third-order valence-electron chi connectivity index (χ3n) is 12.7. The Balaban J connectivity index is 2.34. The molecule has 2 aromatic rings. The van der Waals surface area contributed by atoms with Crippen LogP contribution >= 0.6 is 0 Å². The fourth-order valence-corrected chi connectivity index (χ4v) is 7.98. The lowest BCUT2D eigenvalue weighted by Gasteiger charge is -2.27. The van der Waals surface area contributed by atoms with E-state index in [9.17, 15) is 67.7 Å². The Kier molecular flexibility index (Phi) is 31.1. The average molecular weight is 1150 g/mol. The van der Waals surface area contributed by atoms with Gasteiger partial charge in [0.05, 0.1) is 25.2 Å². The summed E-state index contributed by atoms with van der Waals surface area (Å²) in [5, 5.41) is 42.3. The molecule has 0 unspecified atom stereocenters. The minimum Gasteiger partial charge on any atom is -0.481 e. The predicted octanol–water partition coefficient (Wildman–Crippen LogP) is -3.72. The number of aliphatic hydroxyl groups is 1. The Morgan fingerprint density at radius 2 is 1.06 bits per heavy atom. The number of aliphatic carboxylic acids is 1. The van der Waals surface area contributed by atoms with Crippen LogP contribution in [0.4, 0.5) is 0 Å². The Morgan fingerprint density at radius 3 is 1.59 bits per heavy atom. The number of rotatable bonds is 38. The van der Waals surface area contributed by atoms with Crippen LogP contribution in [0.25, 0.3) is 0 Å². The monoisotopic (exact) mass is 1150 g/mol. The largest absolute Gasteiger partial charge is 0.481 e. The van der Waals surface area contributed by atoms with Crippen LogP contribution in [0.3, 0.4) is 0 Å². The van der Waals surface area contributed by atoms with Crippen molar-refractivity contribution in [3.05, 3.63) is 71.8 Å². The molecule has 0 radical (unpaired) electrons. The standard InChI is InChI=1S/C54H82N14O14/c1-6-31(4)45(68-46(75)32(5)55)53(82)64-37(19-21-42(56)71)47(76)60-27-43(72)62-38(20-22-44(73)74)49(78)65-39(24-30(2)3)51(80)67-41(29-70)52(81)63-36(18-13-23-59-54(57)58)48(77)66-40(26-34-16-11-8-12-17-34)50(79)61-35(28-69)25-33-14-9-7-10-15-33/h7-12,14-17,28,30-32,35-41,45,70H,6,13,18-27,29,55H2,1-5H3,(H2,56,71)(H,60,76)(H,61,79)(H,62,72)(H,63,81)(H,64,82)(H,65,78)(H,66,77)(H,67,80)(H,68,75)(H,73,74)(H4,57,58,59)/t31-,32-,35-,36-,37-,38-,39-,40-,41-,45-/m0/s1. The van der Waals surface area contributed by atoms with E-state index in [4.69, 9.17) is 22.9 Å². The molecule has 0 fully saturated rings. The normalized spacial score (nSPS) is 14.6. The van der Waals surface area contributed by atoms with Crippen molar-refractivity contribution in [2.24, 2.45) is 39.8 Å². The molecule has 28 nitrogen and oxygen atoms in total. The number of hydrogen-bond donors (Lipinski definition) is 15. The number of carbonyl (C=O) groups is 12. The third kappa shape index (κ3) is 26.6. The molecule has 0 aliphatic heterocycles. The van der Waals surface area contributed by atoms with Gasteiger partial charge in [-0.15, -0.1) is 0 Å². The molecule has 0 aromatic heterocycles. The first-order valence-corrected chi connectivity index (χ1v) is 26.9. The first-order chi connectivity index (χ1) is 38.8. The van der Waals surface area contributed by atoms with Gasteiger partial charge in [-0.2, -0.15) is 0 Å². The number of primary amides is 1. The fraction of sp³-hybridized carbons (Fsp3) is 0.537. The highest BCUT2D eigenvalue weighted by Crippen LogP contribution is 2.13. The van der Waals surface area contributed by atoms with Gasteiger partial charge >= 0.3 is 5.97 Å². The number of nitrogens with one attached hydrogen (secondary N) is 9. The number of nitrogens with two attached hydrogens (primary N) is 4. The summed E-state index contributed by atoms with van der Waals surface area (Å²) in [4.78, 5) is 162. The van der Waals surface area contributed by atoms with Gasteiger partial charge in [-0.3, -0.25) is 57.7 Å². The molecule has 0 saturated heterocycles. The van der Waals surface area contributed by atoms with Gasteiger partial charge in [-0.05, 0) is 68.4 Å². The van der Waals surface area contributed by atoms with E-state index < -0.39 is 151 Å². The SMILES string of the molecule is CC[C@H](C)[C@H](NC(=O)[C@H](C)N)C(=O)N[C@@H](CCC(N)=O)C(=O)NCC(=O)N[C@@H](CCC(=O)O)C(=O)N[C@@H](CC(C)C)C(=O)N[C@@H](CO)C(=O)N[C@@H](CCCN=C(N)N)C(=O)N[C@@H](Cc1ccccc1)C(=O)N[C@H](C=O)Cc1ccccc1. The Morgan fingerprint density at radius 1 is 0.573 bits per heavy atom. The number of carboxylic acids is 1. The zero-order valence-corrected chi connectivity index (χ0v) is 46.9. The molecule has 82 heavy (non-hydrogen) atoms. The van der Waals surface area contributed by atoms with E-state index in [1.54, 1.807) is 88.4 Å². The summed E-state index contributed by atoms with van der Waals surface area (Å²) in [6.07, 6.45) is -0.916. The molecule has 0 bridgehead atoms. The molecular weight excluding hydrogens is 1070 g/mol. The second-order valence-electron chi connectivity index (χ2n) is 20.1. The van der Waals surface area contributed by atoms with Crippen LogP contribution < -0.4 is 70.8 Å².